The number of aromatic nitrogens is 2. The van der Waals surface area contributed by atoms with Crippen LogP contribution in [0.3, 0.4) is 0 Å². The van der Waals surface area contributed by atoms with E-state index in [9.17, 15) is 19.2 Å². The van der Waals surface area contributed by atoms with Crippen LogP contribution in [0.15, 0.2) is 89.1 Å². The van der Waals surface area contributed by atoms with Gasteiger partial charge in [0.2, 0.25) is 11.8 Å². The first-order chi connectivity index (χ1) is 32.6. The molecule has 2 aliphatic rings. The number of methoxy groups -OCH3 is 4. The van der Waals surface area contributed by atoms with E-state index >= 15 is 0 Å². The molecule has 0 saturated heterocycles. The number of carbonyl (C=O) groups excluding carboxylic acids is 4. The first-order valence-corrected chi connectivity index (χ1v) is 22.3. The summed E-state index contributed by atoms with van der Waals surface area (Å²) in [6.07, 6.45) is 2.88. The summed E-state index contributed by atoms with van der Waals surface area (Å²) in [5.41, 5.74) is 7.05. The molecule has 17 nitrogen and oxygen atoms in total. The Balaban J connectivity index is 0.000000234. The maximum atomic E-state index is 12.7. The lowest BCUT2D eigenvalue weighted by molar-refractivity contribution is -0.122. The number of aliphatic imine (C=N–C) groups is 2. The Morgan fingerprint density at radius 3 is 1.32 bits per heavy atom. The van der Waals surface area contributed by atoms with Crippen LogP contribution in [0, 0.1) is 0 Å². The Kier molecular flexibility index (Phi) is 17.2. The van der Waals surface area contributed by atoms with E-state index in [-0.39, 0.29) is 42.8 Å². The van der Waals surface area contributed by atoms with E-state index in [2.05, 4.69) is 51.3 Å². The molecule has 4 heterocycles. The SMILES string of the molecule is COC(=O)NC1=NCc2cc(CC(=O)N[C@H](C)c3ccc(Cl)c(OC)c3)ncc21.COc1cc([C@@H](C)NC(=O)Cc2cc3c(cn2)C(NC(=O)N[C@H](C)c2ccc(Cl)c(OC)c2)=NC3)ccc1Cl. The average Bonchev–Trinajstić information content (AvgIpc) is 3.91. The van der Waals surface area contributed by atoms with Gasteiger partial charge in [-0.15, -0.1) is 0 Å². The van der Waals surface area contributed by atoms with Gasteiger partial charge >= 0.3 is 12.1 Å². The van der Waals surface area contributed by atoms with Crippen molar-refractivity contribution in [2.75, 3.05) is 28.4 Å². The fourth-order valence-electron chi connectivity index (χ4n) is 7.18. The van der Waals surface area contributed by atoms with E-state index in [1.54, 1.807) is 63.0 Å². The largest absolute Gasteiger partial charge is 0.495 e. The number of pyridine rings is 2. The summed E-state index contributed by atoms with van der Waals surface area (Å²) in [5, 5.41) is 15.7. The van der Waals surface area contributed by atoms with Crippen molar-refractivity contribution in [3.8, 4) is 17.2 Å². The first-order valence-electron chi connectivity index (χ1n) is 21.2. The van der Waals surface area contributed by atoms with E-state index in [1.165, 1.54) is 14.2 Å². The lowest BCUT2D eigenvalue weighted by Gasteiger charge is -2.17. The van der Waals surface area contributed by atoms with Crippen LogP contribution in [0.1, 0.15) is 89.2 Å². The topological polar surface area (TPSA) is 216 Å². The van der Waals surface area contributed by atoms with Crippen molar-refractivity contribution < 1.29 is 38.1 Å². The van der Waals surface area contributed by atoms with Crippen molar-refractivity contribution in [3.63, 3.8) is 0 Å². The predicted molar refractivity (Wildman–Crippen MR) is 259 cm³/mol. The van der Waals surface area contributed by atoms with Crippen molar-refractivity contribution in [3.05, 3.63) is 145 Å². The summed E-state index contributed by atoms with van der Waals surface area (Å²) in [6, 6.07) is 18.6. The standard InChI is InChI=1S/C28H29Cl2N5O4.C20H21ClN4O4/c1-15(17-5-7-22(29)24(10-17)38-3)33-26(36)12-20-9-19-13-32-27(21(19)14-31-20)35-28(37)34-16(2)18-6-8-23(30)25(11-18)39-4;1-11(12-4-5-16(21)17(7-12)28-2)24-18(26)8-14-6-13-9-23-19(15(13)10-22-14)25-20(27)29-3/h5-11,14-16H,12-13H2,1-4H3,(H,33,36)(H2,32,34,35,37);4-7,10-11H,8-9H2,1-3H3,(H,24,26)(H,23,25,27)/t15-,16-;11-/m11/s1. The van der Waals surface area contributed by atoms with Crippen molar-refractivity contribution in [1.29, 1.82) is 0 Å². The number of nitrogens with zero attached hydrogens (tertiary/aromatic N) is 4. The maximum Gasteiger partial charge on any atom is 0.412 e. The number of hydrogen-bond acceptors (Lipinski definition) is 12. The van der Waals surface area contributed by atoms with Gasteiger partial charge in [0.25, 0.3) is 0 Å². The quantitative estimate of drug-likeness (QED) is 0.0768. The molecule has 68 heavy (non-hydrogen) atoms. The molecule has 7 rings (SSSR count). The second kappa shape index (κ2) is 23.2. The highest BCUT2D eigenvalue weighted by Gasteiger charge is 2.23. The van der Waals surface area contributed by atoms with Gasteiger partial charge in [-0.2, -0.15) is 0 Å². The summed E-state index contributed by atoms with van der Waals surface area (Å²) in [5.74, 6) is 2.15. The molecule has 356 valence electrons. The summed E-state index contributed by atoms with van der Waals surface area (Å²) in [6.45, 7) is 6.42. The van der Waals surface area contributed by atoms with E-state index < -0.39 is 12.1 Å². The molecule has 5 amide bonds. The lowest BCUT2D eigenvalue weighted by atomic mass is 10.1. The zero-order valence-electron chi connectivity index (χ0n) is 38.3. The number of hydrogen-bond donors (Lipinski definition) is 5. The molecule has 0 aliphatic carbocycles. The van der Waals surface area contributed by atoms with Gasteiger partial charge in [-0.3, -0.25) is 40.2 Å². The molecule has 3 atom stereocenters. The van der Waals surface area contributed by atoms with Crippen LogP contribution in [0.25, 0.3) is 0 Å². The maximum absolute atomic E-state index is 12.7. The number of fused-ring (bicyclic) bond motifs is 2. The minimum absolute atomic E-state index is 0.105. The Hall–Kier alpha value is -6.95. The third kappa shape index (κ3) is 12.9. The van der Waals surface area contributed by atoms with E-state index in [4.69, 9.17) is 49.0 Å². The van der Waals surface area contributed by atoms with Crippen molar-refractivity contribution in [2.45, 2.75) is 64.8 Å². The lowest BCUT2D eigenvalue weighted by Crippen LogP contribution is -2.40. The summed E-state index contributed by atoms with van der Waals surface area (Å²) in [4.78, 5) is 66.6. The molecule has 3 aromatic carbocycles. The monoisotopic (exact) mass is 985 g/mol. The number of alkyl carbamates (subject to hydrolysis) is 1. The highest BCUT2D eigenvalue weighted by Crippen LogP contribution is 2.30. The fourth-order valence-corrected chi connectivity index (χ4v) is 7.76. The number of amidine groups is 2. The summed E-state index contributed by atoms with van der Waals surface area (Å²) < 4.78 is 20.3. The number of urea groups is 1. The second-order valence-electron chi connectivity index (χ2n) is 15.5. The Labute approximate surface area is 408 Å². The number of nitrogens with one attached hydrogen (secondary N) is 5. The van der Waals surface area contributed by atoms with Crippen LogP contribution in [0.5, 0.6) is 17.2 Å². The van der Waals surface area contributed by atoms with Crippen LogP contribution >= 0.6 is 34.8 Å². The number of rotatable bonds is 13. The molecule has 5 aromatic rings. The minimum atomic E-state index is -0.590. The van der Waals surface area contributed by atoms with E-state index in [1.807, 2.05) is 51.1 Å². The summed E-state index contributed by atoms with van der Waals surface area (Å²) in [7, 11) is 5.91. The van der Waals surface area contributed by atoms with Crippen LogP contribution in [0.4, 0.5) is 9.59 Å². The second-order valence-corrected chi connectivity index (χ2v) is 16.8. The van der Waals surface area contributed by atoms with Gasteiger partial charge in [0.05, 0.1) is 99.0 Å². The van der Waals surface area contributed by atoms with E-state index in [0.717, 1.165) is 38.9 Å². The Morgan fingerprint density at radius 2 is 0.941 bits per heavy atom. The van der Waals surface area contributed by atoms with Gasteiger partial charge in [0.1, 0.15) is 28.9 Å². The van der Waals surface area contributed by atoms with E-state index in [0.29, 0.717) is 68.5 Å². The minimum Gasteiger partial charge on any atom is -0.495 e. The highest BCUT2D eigenvalue weighted by atomic mass is 35.5. The van der Waals surface area contributed by atoms with Gasteiger partial charge in [0.15, 0.2) is 0 Å². The smallest absolute Gasteiger partial charge is 0.412 e. The molecule has 0 radical (unpaired) electrons. The van der Waals surface area contributed by atoms with Crippen molar-refractivity contribution in [1.82, 2.24) is 36.6 Å². The third-order valence-electron chi connectivity index (χ3n) is 10.9. The average molecular weight is 987 g/mol. The molecule has 2 aliphatic heterocycles. The highest BCUT2D eigenvalue weighted by molar-refractivity contribution is 6.32. The third-order valence-corrected chi connectivity index (χ3v) is 11.8. The molecule has 0 fully saturated rings. The van der Waals surface area contributed by atoms with Gasteiger partial charge in [-0.05, 0) is 97.1 Å². The van der Waals surface area contributed by atoms with Crippen LogP contribution in [0.2, 0.25) is 15.1 Å². The Morgan fingerprint density at radius 1 is 0.559 bits per heavy atom. The molecule has 0 spiro atoms. The molecule has 0 saturated carbocycles. The van der Waals surface area contributed by atoms with Crippen LogP contribution in [-0.2, 0) is 40.3 Å². The van der Waals surface area contributed by atoms with Gasteiger partial charge in [0, 0.05) is 23.5 Å². The number of benzene rings is 3. The molecule has 20 heteroatoms. The zero-order chi connectivity index (χ0) is 49.1. The van der Waals surface area contributed by atoms with Gasteiger partial charge in [-0.1, -0.05) is 53.0 Å². The van der Waals surface area contributed by atoms with Gasteiger partial charge < -0.3 is 34.9 Å². The molecular weight excluding hydrogens is 937 g/mol. The number of carbonyl (C=O) groups is 4. The number of amides is 5. The van der Waals surface area contributed by atoms with Crippen molar-refractivity contribution >= 4 is 70.4 Å². The Bertz CT molecular complexity index is 2770. The predicted octanol–water partition coefficient (Wildman–Crippen LogP) is 7.93. The zero-order valence-corrected chi connectivity index (χ0v) is 40.5. The molecule has 0 unspecified atom stereocenters. The van der Waals surface area contributed by atoms with Crippen LogP contribution in [-0.4, -0.2) is 74.0 Å². The normalized spacial score (nSPS) is 13.4. The molecule has 0 bridgehead atoms. The molecular formula is C48H50Cl3N9O8. The summed E-state index contributed by atoms with van der Waals surface area (Å²) >= 11 is 18.2. The van der Waals surface area contributed by atoms with Crippen LogP contribution < -0.4 is 40.8 Å². The molecule has 2 aromatic heterocycles. The molecule has 5 N–H and O–H groups in total. The number of halogens is 3. The first kappa shape index (κ1) is 50.5. The fraction of sp³-hybridized carbons (Fsp3) is 0.292. The van der Waals surface area contributed by atoms with Gasteiger partial charge in [-0.25, -0.2) is 9.59 Å². The number of ether oxygens (including phenoxy) is 4. The van der Waals surface area contributed by atoms with Crippen molar-refractivity contribution in [2.24, 2.45) is 9.98 Å².